The Morgan fingerprint density at radius 2 is 2.06 bits per heavy atom. The molecule has 1 unspecified atom stereocenters. The van der Waals surface area contributed by atoms with Crippen molar-refractivity contribution in [3.8, 4) is 0 Å². The molecule has 0 aliphatic heterocycles. The molecule has 2 N–H and O–H groups in total. The van der Waals surface area contributed by atoms with Gasteiger partial charge in [0.1, 0.15) is 0 Å². The molecule has 0 aromatic rings. The summed E-state index contributed by atoms with van der Waals surface area (Å²) in [5, 5.41) is 11.5. The van der Waals surface area contributed by atoms with Crippen molar-refractivity contribution in [3.63, 3.8) is 0 Å². The zero-order chi connectivity index (χ0) is 14.0. The smallest absolute Gasteiger partial charge is 0.317 e. The number of nitrogens with one attached hydrogen (secondary N) is 1. The summed E-state index contributed by atoms with van der Waals surface area (Å²) in [6.45, 7) is 5.84. The number of likely N-dealkylation sites (N-methyl/N-ethyl adjacent to an activating group) is 1. The molecule has 18 heavy (non-hydrogen) atoms. The van der Waals surface area contributed by atoms with E-state index in [2.05, 4.69) is 5.32 Å². The first-order valence-electron chi connectivity index (χ1n) is 6.28. The van der Waals surface area contributed by atoms with Crippen LogP contribution in [0, 0.1) is 5.92 Å². The van der Waals surface area contributed by atoms with Crippen LogP contribution in [0.1, 0.15) is 26.7 Å². The van der Waals surface area contributed by atoms with E-state index in [9.17, 15) is 9.59 Å². The number of carboxylic acids is 1. The first-order chi connectivity index (χ1) is 8.54. The Balaban J connectivity index is 4.07. The van der Waals surface area contributed by atoms with Gasteiger partial charge in [-0.05, 0) is 12.8 Å². The molecule has 0 saturated carbocycles. The average molecular weight is 260 g/mol. The zero-order valence-corrected chi connectivity index (χ0v) is 11.4. The Morgan fingerprint density at radius 1 is 1.39 bits per heavy atom. The molecule has 0 aliphatic rings. The highest BCUT2D eigenvalue weighted by molar-refractivity contribution is 5.74. The van der Waals surface area contributed by atoms with Crippen LogP contribution in [0.3, 0.4) is 0 Å². The van der Waals surface area contributed by atoms with Gasteiger partial charge in [0.2, 0.25) is 0 Å². The van der Waals surface area contributed by atoms with Crippen molar-refractivity contribution in [1.82, 2.24) is 10.2 Å². The fourth-order valence-electron chi connectivity index (χ4n) is 1.56. The molecule has 0 aliphatic carbocycles. The van der Waals surface area contributed by atoms with Gasteiger partial charge in [-0.25, -0.2) is 4.79 Å². The normalized spacial score (nSPS) is 11.9. The van der Waals surface area contributed by atoms with Gasteiger partial charge in [-0.2, -0.15) is 0 Å². The molecule has 0 bridgehead atoms. The van der Waals surface area contributed by atoms with E-state index in [1.54, 1.807) is 12.0 Å². The third-order valence-electron chi connectivity index (χ3n) is 2.82. The lowest BCUT2D eigenvalue weighted by atomic mass is 10.0. The van der Waals surface area contributed by atoms with E-state index in [0.29, 0.717) is 26.2 Å². The minimum atomic E-state index is -0.831. The third kappa shape index (κ3) is 7.11. The minimum Gasteiger partial charge on any atom is -0.481 e. The number of rotatable bonds is 9. The SMILES string of the molecule is CCC(CNC(=O)N(CC)CCOC)CC(=O)O. The van der Waals surface area contributed by atoms with Gasteiger partial charge in [0.15, 0.2) is 0 Å². The van der Waals surface area contributed by atoms with E-state index in [-0.39, 0.29) is 18.4 Å². The summed E-state index contributed by atoms with van der Waals surface area (Å²) in [7, 11) is 1.59. The number of methoxy groups -OCH3 is 1. The molecule has 6 heteroatoms. The summed E-state index contributed by atoms with van der Waals surface area (Å²) in [4.78, 5) is 24.0. The molecule has 0 aromatic carbocycles. The number of urea groups is 1. The van der Waals surface area contributed by atoms with Gasteiger partial charge in [0.05, 0.1) is 6.61 Å². The first-order valence-corrected chi connectivity index (χ1v) is 6.28. The molecule has 2 amide bonds. The molecular formula is C12H24N2O4. The Labute approximate surface area is 108 Å². The van der Waals surface area contributed by atoms with Crippen molar-refractivity contribution < 1.29 is 19.4 Å². The number of ether oxygens (including phenoxy) is 1. The van der Waals surface area contributed by atoms with E-state index < -0.39 is 5.97 Å². The second-order valence-corrected chi connectivity index (χ2v) is 4.13. The fraction of sp³-hybridized carbons (Fsp3) is 0.833. The lowest BCUT2D eigenvalue weighted by Gasteiger charge is -2.22. The van der Waals surface area contributed by atoms with Crippen LogP contribution in [0.2, 0.25) is 0 Å². The molecule has 106 valence electrons. The predicted octanol–water partition coefficient (Wildman–Crippen LogP) is 1.17. The summed E-state index contributed by atoms with van der Waals surface area (Å²) < 4.78 is 4.92. The highest BCUT2D eigenvalue weighted by atomic mass is 16.5. The Bertz CT molecular complexity index is 258. The second-order valence-electron chi connectivity index (χ2n) is 4.13. The van der Waals surface area contributed by atoms with Crippen molar-refractivity contribution in [1.29, 1.82) is 0 Å². The summed E-state index contributed by atoms with van der Waals surface area (Å²) in [5.41, 5.74) is 0. The second kappa shape index (κ2) is 9.70. The monoisotopic (exact) mass is 260 g/mol. The molecule has 0 saturated heterocycles. The summed E-state index contributed by atoms with van der Waals surface area (Å²) in [5.74, 6) is -0.851. The first kappa shape index (κ1) is 16.7. The van der Waals surface area contributed by atoms with Crippen LogP contribution in [0.25, 0.3) is 0 Å². The third-order valence-corrected chi connectivity index (χ3v) is 2.82. The lowest BCUT2D eigenvalue weighted by Crippen LogP contribution is -2.43. The van der Waals surface area contributed by atoms with Gasteiger partial charge in [0, 0.05) is 33.2 Å². The van der Waals surface area contributed by atoms with E-state index in [4.69, 9.17) is 9.84 Å². The van der Waals surface area contributed by atoms with Gasteiger partial charge in [-0.1, -0.05) is 13.3 Å². The fourth-order valence-corrected chi connectivity index (χ4v) is 1.56. The number of hydrogen-bond acceptors (Lipinski definition) is 3. The summed E-state index contributed by atoms with van der Waals surface area (Å²) in [6.07, 6.45) is 0.817. The molecule has 0 heterocycles. The molecule has 0 aromatic heterocycles. The minimum absolute atomic E-state index is 0.0208. The van der Waals surface area contributed by atoms with E-state index in [1.165, 1.54) is 0 Å². The van der Waals surface area contributed by atoms with Crippen molar-refractivity contribution >= 4 is 12.0 Å². The number of carbonyl (C=O) groups is 2. The van der Waals surface area contributed by atoms with Crippen LogP contribution in [0.15, 0.2) is 0 Å². The molecule has 0 fully saturated rings. The molecular weight excluding hydrogens is 236 g/mol. The lowest BCUT2D eigenvalue weighted by molar-refractivity contribution is -0.138. The molecule has 1 atom stereocenters. The molecule has 0 spiro atoms. The van der Waals surface area contributed by atoms with Crippen LogP contribution < -0.4 is 5.32 Å². The summed E-state index contributed by atoms with van der Waals surface area (Å²) in [6, 6.07) is -0.168. The van der Waals surface area contributed by atoms with E-state index in [1.807, 2.05) is 13.8 Å². The number of hydrogen-bond donors (Lipinski definition) is 2. The number of carbonyl (C=O) groups excluding carboxylic acids is 1. The predicted molar refractivity (Wildman–Crippen MR) is 68.6 cm³/mol. The van der Waals surface area contributed by atoms with E-state index in [0.717, 1.165) is 6.42 Å². The highest BCUT2D eigenvalue weighted by Crippen LogP contribution is 2.06. The van der Waals surface area contributed by atoms with Crippen LogP contribution in [-0.2, 0) is 9.53 Å². The van der Waals surface area contributed by atoms with E-state index >= 15 is 0 Å². The van der Waals surface area contributed by atoms with Gasteiger partial charge < -0.3 is 20.1 Å². The van der Waals surface area contributed by atoms with Gasteiger partial charge in [-0.3, -0.25) is 4.79 Å². The number of amides is 2. The highest BCUT2D eigenvalue weighted by Gasteiger charge is 2.15. The zero-order valence-electron chi connectivity index (χ0n) is 11.4. The number of nitrogens with zero attached hydrogens (tertiary/aromatic N) is 1. The van der Waals surface area contributed by atoms with Crippen LogP contribution in [0.4, 0.5) is 4.79 Å². The van der Waals surface area contributed by atoms with Crippen LogP contribution in [-0.4, -0.2) is 55.4 Å². The molecule has 6 nitrogen and oxygen atoms in total. The van der Waals surface area contributed by atoms with Gasteiger partial charge >= 0.3 is 12.0 Å². The van der Waals surface area contributed by atoms with Crippen molar-refractivity contribution in [2.24, 2.45) is 5.92 Å². The maximum Gasteiger partial charge on any atom is 0.317 e. The summed E-state index contributed by atoms with van der Waals surface area (Å²) >= 11 is 0. The topological polar surface area (TPSA) is 78.9 Å². The van der Waals surface area contributed by atoms with Crippen molar-refractivity contribution in [3.05, 3.63) is 0 Å². The maximum atomic E-state index is 11.8. The standard InChI is InChI=1S/C12H24N2O4/c1-4-10(8-11(15)16)9-13-12(17)14(5-2)6-7-18-3/h10H,4-9H2,1-3H3,(H,13,17)(H,15,16). The van der Waals surface area contributed by atoms with Crippen LogP contribution >= 0.6 is 0 Å². The quantitative estimate of drug-likeness (QED) is 0.652. The Morgan fingerprint density at radius 3 is 2.50 bits per heavy atom. The van der Waals surface area contributed by atoms with Crippen LogP contribution in [0.5, 0.6) is 0 Å². The maximum absolute atomic E-state index is 11.8. The Kier molecular flexibility index (Phi) is 9.00. The number of aliphatic carboxylic acids is 1. The molecule has 0 rings (SSSR count). The van der Waals surface area contributed by atoms with Gasteiger partial charge in [0.25, 0.3) is 0 Å². The van der Waals surface area contributed by atoms with Crippen molar-refractivity contribution in [2.45, 2.75) is 26.7 Å². The van der Waals surface area contributed by atoms with Gasteiger partial charge in [-0.15, -0.1) is 0 Å². The average Bonchev–Trinajstić information content (AvgIpc) is 2.34. The largest absolute Gasteiger partial charge is 0.481 e. The molecule has 0 radical (unpaired) electrons. The number of carboxylic acid groups (broad SMARTS) is 1. The Hall–Kier alpha value is -1.30. The van der Waals surface area contributed by atoms with Crippen molar-refractivity contribution in [2.75, 3.05) is 33.4 Å².